The molecule has 4 nitrogen and oxygen atoms in total. The van der Waals surface area contributed by atoms with Gasteiger partial charge in [0.05, 0.1) is 28.1 Å². The van der Waals surface area contributed by atoms with Crippen LogP contribution in [0.1, 0.15) is 16.8 Å². The smallest absolute Gasteiger partial charge is 0.248 e. The molecule has 0 aliphatic heterocycles. The van der Waals surface area contributed by atoms with E-state index in [1.807, 2.05) is 50.2 Å². The van der Waals surface area contributed by atoms with Gasteiger partial charge in [-0.2, -0.15) is 0 Å². The second-order valence-electron chi connectivity index (χ2n) is 6.59. The van der Waals surface area contributed by atoms with Crippen molar-refractivity contribution in [1.29, 1.82) is 0 Å². The molecular formula is C22H18ClN3O. The zero-order valence-corrected chi connectivity index (χ0v) is 15.8. The van der Waals surface area contributed by atoms with E-state index < -0.39 is 0 Å². The van der Waals surface area contributed by atoms with Gasteiger partial charge in [0.15, 0.2) is 0 Å². The van der Waals surface area contributed by atoms with Crippen LogP contribution in [0.4, 0.5) is 5.69 Å². The topological polar surface area (TPSA) is 57.8 Å². The number of para-hydroxylation sites is 1. The summed E-state index contributed by atoms with van der Waals surface area (Å²) < 4.78 is 0. The number of hydrogen-bond acceptors (Lipinski definition) is 2. The average molecular weight is 376 g/mol. The Morgan fingerprint density at radius 1 is 1.11 bits per heavy atom. The van der Waals surface area contributed by atoms with E-state index in [0.717, 1.165) is 32.9 Å². The average Bonchev–Trinajstić information content (AvgIpc) is 3.01. The van der Waals surface area contributed by atoms with Crippen LogP contribution in [-0.2, 0) is 4.79 Å². The molecule has 27 heavy (non-hydrogen) atoms. The minimum absolute atomic E-state index is 0.246. The van der Waals surface area contributed by atoms with Crippen LogP contribution >= 0.6 is 11.6 Å². The van der Waals surface area contributed by atoms with Gasteiger partial charge in [-0.15, -0.1) is 0 Å². The van der Waals surface area contributed by atoms with Crippen LogP contribution in [0.3, 0.4) is 0 Å². The molecule has 4 aromatic rings. The Kier molecular flexibility index (Phi) is 4.42. The van der Waals surface area contributed by atoms with Gasteiger partial charge in [-0.3, -0.25) is 9.78 Å². The van der Waals surface area contributed by atoms with E-state index >= 15 is 0 Å². The number of aryl methyl sites for hydroxylation is 2. The summed E-state index contributed by atoms with van der Waals surface area (Å²) in [6, 6.07) is 13.9. The molecule has 0 atom stereocenters. The number of nitrogens with one attached hydrogen (secondary N) is 2. The van der Waals surface area contributed by atoms with Crippen LogP contribution in [0.25, 0.3) is 27.9 Å². The lowest BCUT2D eigenvalue weighted by molar-refractivity contribution is -0.111. The SMILES string of the molecule is Cc1cc(C)c(NC(=O)/C=C/c2cc3c(cn2)[nH]c2ccccc23)c(Cl)c1. The van der Waals surface area contributed by atoms with Crippen molar-refractivity contribution in [3.63, 3.8) is 0 Å². The number of amides is 1. The van der Waals surface area contributed by atoms with E-state index in [-0.39, 0.29) is 5.91 Å². The van der Waals surface area contributed by atoms with Gasteiger partial charge in [-0.25, -0.2) is 0 Å². The standard InChI is InChI=1S/C22H18ClN3O/c1-13-9-14(2)22(18(23)10-13)26-21(27)8-7-15-11-17-16-5-3-4-6-19(16)25-20(17)12-24-15/h3-12,25H,1-2H3,(H,26,27)/b8-7+. The fraction of sp³-hybridized carbons (Fsp3) is 0.0909. The third kappa shape index (κ3) is 3.44. The number of fused-ring (bicyclic) bond motifs is 3. The van der Waals surface area contributed by atoms with Crippen molar-refractivity contribution < 1.29 is 4.79 Å². The molecule has 0 aliphatic rings. The van der Waals surface area contributed by atoms with Crippen LogP contribution in [0.15, 0.2) is 54.7 Å². The summed E-state index contributed by atoms with van der Waals surface area (Å²) in [5.41, 5.74) is 5.38. The summed E-state index contributed by atoms with van der Waals surface area (Å²) in [5, 5.41) is 5.60. The quantitative estimate of drug-likeness (QED) is 0.455. The van der Waals surface area contributed by atoms with Gasteiger partial charge in [-0.05, 0) is 49.2 Å². The maximum Gasteiger partial charge on any atom is 0.248 e. The largest absolute Gasteiger partial charge is 0.353 e. The van der Waals surface area contributed by atoms with E-state index in [2.05, 4.69) is 21.4 Å². The minimum Gasteiger partial charge on any atom is -0.353 e. The third-order valence-corrected chi connectivity index (χ3v) is 4.80. The molecule has 0 saturated heterocycles. The van der Waals surface area contributed by atoms with Crippen molar-refractivity contribution >= 4 is 51.1 Å². The van der Waals surface area contributed by atoms with Crippen molar-refractivity contribution in [2.75, 3.05) is 5.32 Å². The second-order valence-corrected chi connectivity index (χ2v) is 6.99. The molecule has 0 bridgehead atoms. The number of rotatable bonds is 3. The van der Waals surface area contributed by atoms with Crippen LogP contribution in [0.2, 0.25) is 5.02 Å². The molecule has 0 saturated carbocycles. The first-order valence-corrected chi connectivity index (χ1v) is 9.01. The number of halogens is 1. The zero-order valence-electron chi connectivity index (χ0n) is 15.0. The second kappa shape index (κ2) is 6.89. The monoisotopic (exact) mass is 375 g/mol. The number of H-pyrrole nitrogens is 1. The van der Waals surface area contributed by atoms with E-state index in [9.17, 15) is 4.79 Å². The highest BCUT2D eigenvalue weighted by atomic mass is 35.5. The molecular weight excluding hydrogens is 358 g/mol. The van der Waals surface area contributed by atoms with E-state index in [4.69, 9.17) is 11.6 Å². The minimum atomic E-state index is -0.246. The Balaban J connectivity index is 1.59. The number of aromatic nitrogens is 2. The highest BCUT2D eigenvalue weighted by Crippen LogP contribution is 2.28. The molecule has 5 heteroatoms. The van der Waals surface area contributed by atoms with Crippen molar-refractivity contribution in [3.05, 3.63) is 76.6 Å². The molecule has 134 valence electrons. The molecule has 2 heterocycles. The lowest BCUT2D eigenvalue weighted by Gasteiger charge is -2.10. The van der Waals surface area contributed by atoms with Crippen molar-refractivity contribution in [2.24, 2.45) is 0 Å². The van der Waals surface area contributed by atoms with Gasteiger partial charge < -0.3 is 10.3 Å². The van der Waals surface area contributed by atoms with Crippen LogP contribution in [0.5, 0.6) is 0 Å². The van der Waals surface area contributed by atoms with Gasteiger partial charge in [0, 0.05) is 22.4 Å². The molecule has 1 amide bonds. The predicted octanol–water partition coefficient (Wildman–Crippen LogP) is 5.64. The van der Waals surface area contributed by atoms with E-state index in [1.54, 1.807) is 12.3 Å². The molecule has 0 fully saturated rings. The lowest BCUT2D eigenvalue weighted by Crippen LogP contribution is -2.09. The Hall–Kier alpha value is -3.11. The Labute approximate surface area is 161 Å². The first kappa shape index (κ1) is 17.3. The summed E-state index contributed by atoms with van der Waals surface area (Å²) in [7, 11) is 0. The Bertz CT molecular complexity index is 1180. The third-order valence-electron chi connectivity index (χ3n) is 4.50. The van der Waals surface area contributed by atoms with Crippen molar-refractivity contribution in [3.8, 4) is 0 Å². The number of benzene rings is 2. The fourth-order valence-electron chi connectivity index (χ4n) is 3.26. The van der Waals surface area contributed by atoms with Crippen LogP contribution in [0, 0.1) is 13.8 Å². The number of aromatic amines is 1. The van der Waals surface area contributed by atoms with Gasteiger partial charge in [0.25, 0.3) is 0 Å². The first-order chi connectivity index (χ1) is 13.0. The zero-order chi connectivity index (χ0) is 19.0. The van der Waals surface area contributed by atoms with Gasteiger partial charge in [-0.1, -0.05) is 35.9 Å². The molecule has 2 aromatic carbocycles. The summed E-state index contributed by atoms with van der Waals surface area (Å²) in [4.78, 5) is 20.1. The molecule has 0 aliphatic carbocycles. The molecule has 4 rings (SSSR count). The highest BCUT2D eigenvalue weighted by molar-refractivity contribution is 6.34. The molecule has 0 spiro atoms. The summed E-state index contributed by atoms with van der Waals surface area (Å²) in [6.45, 7) is 3.89. The Morgan fingerprint density at radius 2 is 1.93 bits per heavy atom. The van der Waals surface area contributed by atoms with Crippen LogP contribution in [-0.4, -0.2) is 15.9 Å². The molecule has 0 unspecified atom stereocenters. The number of pyridine rings is 1. The molecule has 2 aromatic heterocycles. The number of carbonyl (C=O) groups is 1. The van der Waals surface area contributed by atoms with Crippen molar-refractivity contribution in [1.82, 2.24) is 9.97 Å². The van der Waals surface area contributed by atoms with E-state index in [0.29, 0.717) is 16.4 Å². The van der Waals surface area contributed by atoms with Crippen molar-refractivity contribution in [2.45, 2.75) is 13.8 Å². The van der Waals surface area contributed by atoms with Crippen LogP contribution < -0.4 is 5.32 Å². The maximum absolute atomic E-state index is 12.3. The summed E-state index contributed by atoms with van der Waals surface area (Å²) >= 11 is 6.25. The number of carbonyl (C=O) groups excluding carboxylic acids is 1. The highest BCUT2D eigenvalue weighted by Gasteiger charge is 2.08. The Morgan fingerprint density at radius 3 is 2.74 bits per heavy atom. The lowest BCUT2D eigenvalue weighted by atomic mass is 10.1. The fourth-order valence-corrected chi connectivity index (χ4v) is 3.63. The molecule has 0 radical (unpaired) electrons. The van der Waals surface area contributed by atoms with Gasteiger partial charge in [0.2, 0.25) is 5.91 Å². The van der Waals surface area contributed by atoms with Gasteiger partial charge >= 0.3 is 0 Å². The number of hydrogen-bond donors (Lipinski definition) is 2. The maximum atomic E-state index is 12.3. The summed E-state index contributed by atoms with van der Waals surface area (Å²) in [5.74, 6) is -0.246. The summed E-state index contributed by atoms with van der Waals surface area (Å²) in [6.07, 6.45) is 4.96. The first-order valence-electron chi connectivity index (χ1n) is 8.63. The predicted molar refractivity (Wildman–Crippen MR) is 112 cm³/mol. The van der Waals surface area contributed by atoms with E-state index in [1.165, 1.54) is 6.08 Å². The number of nitrogens with zero attached hydrogens (tertiary/aromatic N) is 1. The number of anilines is 1. The molecule has 2 N–H and O–H groups in total. The van der Waals surface area contributed by atoms with Gasteiger partial charge in [0.1, 0.15) is 0 Å². The normalized spacial score (nSPS) is 11.5.